The van der Waals surface area contributed by atoms with Crippen LogP contribution in [0.25, 0.3) is 32.9 Å². The number of aliphatic hydroxyl groups excluding tert-OH is 1. The Labute approximate surface area is 251 Å². The summed E-state index contributed by atoms with van der Waals surface area (Å²) in [5, 5.41) is 11.7. The Balaban J connectivity index is 1.26. The molecule has 1 N–H and O–H groups in total. The second kappa shape index (κ2) is 10.7. The van der Waals surface area contributed by atoms with Gasteiger partial charge in [0.05, 0.1) is 10.9 Å². The molecule has 3 aliphatic heterocycles. The van der Waals surface area contributed by atoms with E-state index in [1.54, 1.807) is 6.20 Å². The standard InChI is InChI=1S/C35H36FN5O2/c36-30-31(27-10-2-8-25-6-1-7-26(29(25)27)9-3-17-42)37-19-28-32(30)38-34(43-22-35-13-4-15-41(35)16-5-14-35)39-33(28)40-20-23-11-12-24(18-23)21-40/h1-2,6-8,10,19,23-24,42H,4-5,11-18,20-22H2. The third-order valence-electron chi connectivity index (χ3n) is 10.3. The lowest BCUT2D eigenvalue weighted by Gasteiger charge is -2.34. The van der Waals surface area contributed by atoms with Crippen molar-refractivity contribution >= 4 is 27.5 Å². The largest absolute Gasteiger partial charge is 0.461 e. The van der Waals surface area contributed by atoms with Gasteiger partial charge in [0.15, 0.2) is 5.82 Å². The number of fused-ring (bicyclic) bond motifs is 5. The Kier molecular flexibility index (Phi) is 6.69. The van der Waals surface area contributed by atoms with Crippen LogP contribution in [0, 0.1) is 29.5 Å². The summed E-state index contributed by atoms with van der Waals surface area (Å²) in [5.41, 5.74) is 1.87. The summed E-state index contributed by atoms with van der Waals surface area (Å²) in [6.45, 7) is 4.34. The van der Waals surface area contributed by atoms with Crippen molar-refractivity contribution in [1.29, 1.82) is 0 Å². The molecule has 2 bridgehead atoms. The van der Waals surface area contributed by atoms with E-state index in [4.69, 9.17) is 19.7 Å². The van der Waals surface area contributed by atoms with Gasteiger partial charge in [-0.25, -0.2) is 4.39 Å². The van der Waals surface area contributed by atoms with Gasteiger partial charge < -0.3 is 14.7 Å². The first kappa shape index (κ1) is 26.8. The van der Waals surface area contributed by atoms with E-state index in [9.17, 15) is 5.11 Å². The number of hydrogen-bond donors (Lipinski definition) is 1. The van der Waals surface area contributed by atoms with E-state index in [0.717, 1.165) is 61.2 Å². The predicted octanol–water partition coefficient (Wildman–Crippen LogP) is 5.57. The van der Waals surface area contributed by atoms with Crippen molar-refractivity contribution in [3.05, 3.63) is 54.0 Å². The topological polar surface area (TPSA) is 74.6 Å². The van der Waals surface area contributed by atoms with Crippen LogP contribution in [0.1, 0.15) is 50.5 Å². The lowest BCUT2D eigenvalue weighted by atomic mass is 9.95. The molecule has 4 aliphatic rings. The van der Waals surface area contributed by atoms with E-state index in [1.165, 1.54) is 32.1 Å². The normalized spacial score (nSPS) is 22.6. The number of hydrogen-bond acceptors (Lipinski definition) is 7. The Bertz CT molecular complexity index is 1750. The van der Waals surface area contributed by atoms with Crippen LogP contribution in [0.2, 0.25) is 0 Å². The molecule has 2 aromatic heterocycles. The zero-order chi connectivity index (χ0) is 29.0. The van der Waals surface area contributed by atoms with Crippen LogP contribution in [0.4, 0.5) is 10.2 Å². The van der Waals surface area contributed by atoms with E-state index < -0.39 is 5.82 Å². The van der Waals surface area contributed by atoms with Crippen LogP contribution in [-0.4, -0.2) is 69.9 Å². The molecular weight excluding hydrogens is 541 g/mol. The fourth-order valence-corrected chi connectivity index (χ4v) is 8.33. The van der Waals surface area contributed by atoms with Gasteiger partial charge in [-0.15, -0.1) is 0 Å². The third-order valence-corrected chi connectivity index (χ3v) is 10.3. The molecule has 7 nitrogen and oxygen atoms in total. The molecule has 4 aromatic rings. The van der Waals surface area contributed by atoms with Crippen molar-refractivity contribution in [3.8, 4) is 29.1 Å². The van der Waals surface area contributed by atoms with Crippen molar-refractivity contribution in [2.75, 3.05) is 44.3 Å². The quantitative estimate of drug-likeness (QED) is 0.311. The Morgan fingerprint density at radius 1 is 1.02 bits per heavy atom. The molecule has 0 spiro atoms. The van der Waals surface area contributed by atoms with Crippen molar-refractivity contribution in [3.63, 3.8) is 0 Å². The highest BCUT2D eigenvalue weighted by Crippen LogP contribution is 2.42. The molecule has 220 valence electrons. The minimum absolute atomic E-state index is 0.0413. The molecule has 5 heterocycles. The van der Waals surface area contributed by atoms with Crippen LogP contribution < -0.4 is 9.64 Å². The minimum Gasteiger partial charge on any atom is -0.461 e. The lowest BCUT2D eigenvalue weighted by molar-refractivity contribution is 0.108. The summed E-state index contributed by atoms with van der Waals surface area (Å²) in [7, 11) is 0. The average molecular weight is 578 g/mol. The fourth-order valence-electron chi connectivity index (χ4n) is 8.33. The van der Waals surface area contributed by atoms with Crippen LogP contribution in [-0.2, 0) is 0 Å². The number of rotatable bonds is 5. The van der Waals surface area contributed by atoms with Gasteiger partial charge in [0, 0.05) is 35.8 Å². The first-order valence-electron chi connectivity index (χ1n) is 15.7. The van der Waals surface area contributed by atoms with Gasteiger partial charge in [0.1, 0.15) is 30.2 Å². The van der Waals surface area contributed by atoms with E-state index in [2.05, 4.69) is 21.6 Å². The molecule has 43 heavy (non-hydrogen) atoms. The number of halogens is 1. The van der Waals surface area contributed by atoms with Gasteiger partial charge in [0.25, 0.3) is 0 Å². The van der Waals surface area contributed by atoms with Crippen LogP contribution in [0.15, 0.2) is 42.6 Å². The third kappa shape index (κ3) is 4.61. The number of aromatic nitrogens is 3. The minimum atomic E-state index is -0.482. The number of pyridine rings is 1. The highest BCUT2D eigenvalue weighted by atomic mass is 19.1. The van der Waals surface area contributed by atoms with E-state index in [0.29, 0.717) is 29.4 Å². The maximum absolute atomic E-state index is 16.8. The molecular formula is C35H36FN5O2. The zero-order valence-corrected chi connectivity index (χ0v) is 24.4. The van der Waals surface area contributed by atoms with Gasteiger partial charge in [-0.2, -0.15) is 9.97 Å². The fraction of sp³-hybridized carbons (Fsp3) is 0.457. The summed E-state index contributed by atoms with van der Waals surface area (Å²) >= 11 is 0. The van der Waals surface area contributed by atoms with Gasteiger partial charge in [-0.05, 0) is 81.3 Å². The molecule has 2 unspecified atom stereocenters. The Morgan fingerprint density at radius 3 is 2.56 bits per heavy atom. The number of piperidine rings is 1. The van der Waals surface area contributed by atoms with E-state index in [-0.39, 0.29) is 29.4 Å². The number of benzene rings is 2. The molecule has 8 heteroatoms. The van der Waals surface area contributed by atoms with Gasteiger partial charge in [-0.1, -0.05) is 42.2 Å². The number of ether oxygens (including phenoxy) is 1. The summed E-state index contributed by atoms with van der Waals surface area (Å²) in [6, 6.07) is 11.8. The molecule has 2 aromatic carbocycles. The predicted molar refractivity (Wildman–Crippen MR) is 166 cm³/mol. The first-order valence-corrected chi connectivity index (χ1v) is 15.7. The zero-order valence-electron chi connectivity index (χ0n) is 24.4. The number of anilines is 1. The Hall–Kier alpha value is -3.80. The second-order valence-corrected chi connectivity index (χ2v) is 12.8. The van der Waals surface area contributed by atoms with Crippen molar-refractivity contribution in [2.45, 2.75) is 50.5 Å². The average Bonchev–Trinajstić information content (AvgIpc) is 3.72. The molecule has 1 aliphatic carbocycles. The van der Waals surface area contributed by atoms with Gasteiger partial charge in [0.2, 0.25) is 0 Å². The van der Waals surface area contributed by atoms with Gasteiger partial charge in [-0.3, -0.25) is 9.88 Å². The molecule has 4 fully saturated rings. The highest BCUT2D eigenvalue weighted by Gasteiger charge is 2.45. The van der Waals surface area contributed by atoms with Gasteiger partial charge >= 0.3 is 6.01 Å². The number of aliphatic hydroxyl groups is 1. The lowest BCUT2D eigenvalue weighted by Crippen LogP contribution is -2.43. The molecule has 0 amide bonds. The maximum Gasteiger partial charge on any atom is 0.319 e. The summed E-state index contributed by atoms with van der Waals surface area (Å²) < 4.78 is 23.2. The van der Waals surface area contributed by atoms with Crippen molar-refractivity contribution in [2.24, 2.45) is 11.8 Å². The van der Waals surface area contributed by atoms with Crippen LogP contribution in [0.3, 0.4) is 0 Å². The highest BCUT2D eigenvalue weighted by molar-refractivity contribution is 6.02. The summed E-state index contributed by atoms with van der Waals surface area (Å²) in [5.74, 6) is 7.31. The summed E-state index contributed by atoms with van der Waals surface area (Å²) in [4.78, 5) is 19.3. The van der Waals surface area contributed by atoms with E-state index in [1.807, 2.05) is 36.4 Å². The SMILES string of the molecule is OCC#Cc1cccc2cccc(-c3ncc4c(N5CC6CCC(C6)C5)nc(OCC56CCCN5CCC6)nc4c3F)c12. The van der Waals surface area contributed by atoms with E-state index >= 15 is 4.39 Å². The molecule has 8 rings (SSSR count). The smallest absolute Gasteiger partial charge is 0.319 e. The number of nitrogens with zero attached hydrogens (tertiary/aromatic N) is 5. The molecule has 3 saturated heterocycles. The second-order valence-electron chi connectivity index (χ2n) is 12.8. The maximum atomic E-state index is 16.8. The van der Waals surface area contributed by atoms with Crippen molar-refractivity contribution < 1.29 is 14.2 Å². The van der Waals surface area contributed by atoms with Crippen LogP contribution >= 0.6 is 0 Å². The Morgan fingerprint density at radius 2 is 1.79 bits per heavy atom. The first-order chi connectivity index (χ1) is 21.1. The summed E-state index contributed by atoms with van der Waals surface area (Å²) in [6.07, 6.45) is 10.1. The monoisotopic (exact) mass is 577 g/mol. The molecule has 1 saturated carbocycles. The molecule has 0 radical (unpaired) electrons. The molecule has 2 atom stereocenters. The van der Waals surface area contributed by atoms with Crippen molar-refractivity contribution in [1.82, 2.24) is 19.9 Å². The van der Waals surface area contributed by atoms with Crippen LogP contribution in [0.5, 0.6) is 6.01 Å².